The van der Waals surface area contributed by atoms with Gasteiger partial charge in [0.25, 0.3) is 0 Å². The van der Waals surface area contributed by atoms with Crippen LogP contribution in [-0.2, 0) is 33.2 Å². The van der Waals surface area contributed by atoms with Gasteiger partial charge in [0.15, 0.2) is 12.6 Å². The van der Waals surface area contributed by atoms with E-state index in [1.165, 1.54) is 64.2 Å². The van der Waals surface area contributed by atoms with Crippen LogP contribution in [0.1, 0.15) is 181 Å². The molecule has 2 fully saturated rings. The molecule has 14 heteroatoms. The SMILES string of the molecule is CC/C=C\C/C=C\C/C=C\C/C=C\C/C=C\CCCCCCCCCC(=O)OC(COCCCCCCCC/C=C\CCCCCC)COC1OC(COC2OC(CO)C(O)C(O)C2O)C(O)C(O)C1O. The third kappa shape index (κ3) is 31.0. The Kier molecular flexibility index (Phi) is 39.8. The highest BCUT2D eigenvalue weighted by Crippen LogP contribution is 2.26. The lowest BCUT2D eigenvalue weighted by Gasteiger charge is -2.42. The van der Waals surface area contributed by atoms with E-state index in [9.17, 15) is 40.5 Å². The molecule has 2 rings (SSSR count). The number of carbonyl (C=O) groups excluding carboxylic acids is 1. The molecule has 2 saturated heterocycles. The lowest BCUT2D eigenvalue weighted by Crippen LogP contribution is -2.61. The van der Waals surface area contributed by atoms with Crippen LogP contribution in [0.4, 0.5) is 0 Å². The first kappa shape index (κ1) is 64.5. The number of carbonyl (C=O) groups is 1. The van der Waals surface area contributed by atoms with Crippen LogP contribution in [0, 0.1) is 0 Å². The average molecular weight is 1010 g/mol. The molecule has 2 heterocycles. The largest absolute Gasteiger partial charge is 0.457 e. The minimum atomic E-state index is -1.71. The number of aliphatic hydroxyl groups is 7. The van der Waals surface area contributed by atoms with Gasteiger partial charge in [0.05, 0.1) is 26.4 Å². The van der Waals surface area contributed by atoms with Gasteiger partial charge in [-0.05, 0) is 83.5 Å². The van der Waals surface area contributed by atoms with Crippen molar-refractivity contribution in [2.24, 2.45) is 0 Å². The van der Waals surface area contributed by atoms with Crippen LogP contribution in [0.3, 0.4) is 0 Å². The molecule has 71 heavy (non-hydrogen) atoms. The van der Waals surface area contributed by atoms with Gasteiger partial charge in [-0.3, -0.25) is 4.79 Å². The van der Waals surface area contributed by atoms with Crippen LogP contribution < -0.4 is 0 Å². The first-order chi connectivity index (χ1) is 34.6. The average Bonchev–Trinajstić information content (AvgIpc) is 3.37. The zero-order chi connectivity index (χ0) is 51.6. The fourth-order valence-electron chi connectivity index (χ4n) is 8.25. The first-order valence-corrected chi connectivity index (χ1v) is 27.5. The van der Waals surface area contributed by atoms with E-state index in [2.05, 4.69) is 86.8 Å². The van der Waals surface area contributed by atoms with Crippen molar-refractivity contribution in [1.29, 1.82) is 0 Å². The van der Waals surface area contributed by atoms with Gasteiger partial charge >= 0.3 is 5.97 Å². The highest BCUT2D eigenvalue weighted by atomic mass is 16.7. The molecular weight excluding hydrogens is 909 g/mol. The zero-order valence-corrected chi connectivity index (χ0v) is 43.7. The van der Waals surface area contributed by atoms with Gasteiger partial charge in [-0.25, -0.2) is 0 Å². The van der Waals surface area contributed by atoms with Gasteiger partial charge in [-0.2, -0.15) is 0 Å². The molecule has 0 radical (unpaired) electrons. The molecule has 0 spiro atoms. The standard InChI is InChI=1S/C57H98O14/c1-3-5-7-9-11-13-15-17-19-20-21-22-23-24-25-26-27-28-30-32-34-36-38-40-49(59)69-46(43-66-41-39-37-35-33-31-29-18-16-14-12-10-8-6-4-2)44-67-56-55(65)53(63)51(61)48(71-56)45-68-57-54(64)52(62)50(60)47(42-58)70-57/h5,7,11,13-14,16-17,19,21-22,24-25,46-48,50-58,60-65H,3-4,6,8-10,12,15,18,20,23,26-45H2,1-2H3/b7-5-,13-11-,16-14-,19-17-,22-21-,25-24-. The molecule has 2 aliphatic rings. The highest BCUT2D eigenvalue weighted by molar-refractivity contribution is 5.69. The van der Waals surface area contributed by atoms with E-state index in [0.29, 0.717) is 13.0 Å². The normalized spacial score (nSPS) is 25.9. The molecule has 0 aromatic rings. The monoisotopic (exact) mass is 1010 g/mol. The van der Waals surface area contributed by atoms with Crippen molar-refractivity contribution in [3.8, 4) is 0 Å². The summed E-state index contributed by atoms with van der Waals surface area (Å²) >= 11 is 0. The Balaban J connectivity index is 1.74. The number of rotatable bonds is 43. The van der Waals surface area contributed by atoms with Crippen molar-refractivity contribution in [2.45, 2.75) is 248 Å². The van der Waals surface area contributed by atoms with Gasteiger partial charge in [0.1, 0.15) is 54.9 Å². The summed E-state index contributed by atoms with van der Waals surface area (Å²) in [7, 11) is 0. The Morgan fingerprint density at radius 2 is 0.915 bits per heavy atom. The lowest BCUT2D eigenvalue weighted by molar-refractivity contribution is -0.332. The van der Waals surface area contributed by atoms with E-state index in [4.69, 9.17) is 28.4 Å². The maximum atomic E-state index is 13.0. The fraction of sp³-hybridized carbons (Fsp3) is 0.772. The van der Waals surface area contributed by atoms with E-state index in [0.717, 1.165) is 89.9 Å². The second-order valence-corrected chi connectivity index (χ2v) is 19.0. The summed E-state index contributed by atoms with van der Waals surface area (Å²) in [5.41, 5.74) is 0. The van der Waals surface area contributed by atoms with Crippen molar-refractivity contribution in [2.75, 3.05) is 33.0 Å². The zero-order valence-electron chi connectivity index (χ0n) is 43.7. The second-order valence-electron chi connectivity index (χ2n) is 19.0. The smallest absolute Gasteiger partial charge is 0.306 e. The van der Waals surface area contributed by atoms with Crippen LogP contribution in [-0.4, -0.2) is 142 Å². The summed E-state index contributed by atoms with van der Waals surface area (Å²) in [5, 5.41) is 72.2. The maximum absolute atomic E-state index is 13.0. The lowest BCUT2D eigenvalue weighted by atomic mass is 9.98. The van der Waals surface area contributed by atoms with Crippen LogP contribution in [0.15, 0.2) is 72.9 Å². The minimum absolute atomic E-state index is 0.0494. The van der Waals surface area contributed by atoms with Crippen molar-refractivity contribution < 1.29 is 69.0 Å². The number of hydrogen-bond acceptors (Lipinski definition) is 14. The molecule has 0 aromatic heterocycles. The molecule has 0 amide bonds. The van der Waals surface area contributed by atoms with Gasteiger partial charge < -0.3 is 64.2 Å². The molecule has 0 aliphatic carbocycles. The Hall–Kier alpha value is -2.57. The van der Waals surface area contributed by atoms with Crippen LogP contribution >= 0.6 is 0 Å². The Morgan fingerprint density at radius 1 is 0.479 bits per heavy atom. The summed E-state index contributed by atoms with van der Waals surface area (Å²) in [4.78, 5) is 13.0. The van der Waals surface area contributed by atoms with Gasteiger partial charge in [-0.15, -0.1) is 0 Å². The molecular formula is C57H98O14. The predicted octanol–water partition coefficient (Wildman–Crippen LogP) is 9.08. The fourth-order valence-corrected chi connectivity index (χ4v) is 8.25. The first-order valence-electron chi connectivity index (χ1n) is 27.5. The summed E-state index contributed by atoms with van der Waals surface area (Å²) < 4.78 is 34.3. The van der Waals surface area contributed by atoms with Gasteiger partial charge in [0, 0.05) is 13.0 Å². The Labute approximate surface area is 427 Å². The summed E-state index contributed by atoms with van der Waals surface area (Å²) in [6.07, 6.45) is 38.1. The quantitative estimate of drug-likeness (QED) is 0.0173. The summed E-state index contributed by atoms with van der Waals surface area (Å²) in [5.74, 6) is -0.392. The summed E-state index contributed by atoms with van der Waals surface area (Å²) in [6, 6.07) is 0. The second kappa shape index (κ2) is 43.8. The van der Waals surface area contributed by atoms with Crippen LogP contribution in [0.5, 0.6) is 0 Å². The summed E-state index contributed by atoms with van der Waals surface area (Å²) in [6.45, 7) is 3.52. The number of aliphatic hydroxyl groups excluding tert-OH is 7. The molecule has 11 unspecified atom stereocenters. The number of esters is 1. The third-order valence-corrected chi connectivity index (χ3v) is 12.7. The number of unbranched alkanes of at least 4 members (excludes halogenated alkanes) is 17. The molecule has 2 aliphatic heterocycles. The van der Waals surface area contributed by atoms with E-state index in [1.807, 2.05) is 0 Å². The number of allylic oxidation sites excluding steroid dienone is 12. The Morgan fingerprint density at radius 3 is 1.45 bits per heavy atom. The molecule has 0 bridgehead atoms. The topological polar surface area (TPSA) is 214 Å². The van der Waals surface area contributed by atoms with Crippen LogP contribution in [0.2, 0.25) is 0 Å². The molecule has 7 N–H and O–H groups in total. The molecule has 11 atom stereocenters. The Bertz CT molecular complexity index is 1450. The third-order valence-electron chi connectivity index (χ3n) is 12.7. The van der Waals surface area contributed by atoms with Crippen molar-refractivity contribution in [3.63, 3.8) is 0 Å². The molecule has 410 valence electrons. The van der Waals surface area contributed by atoms with Crippen LogP contribution in [0.25, 0.3) is 0 Å². The van der Waals surface area contributed by atoms with E-state index >= 15 is 0 Å². The van der Waals surface area contributed by atoms with Gasteiger partial charge in [-0.1, -0.05) is 164 Å². The number of hydrogen-bond donors (Lipinski definition) is 7. The molecule has 0 aromatic carbocycles. The molecule has 0 saturated carbocycles. The molecule has 14 nitrogen and oxygen atoms in total. The van der Waals surface area contributed by atoms with E-state index < -0.39 is 86.7 Å². The van der Waals surface area contributed by atoms with Crippen molar-refractivity contribution in [1.82, 2.24) is 0 Å². The maximum Gasteiger partial charge on any atom is 0.306 e. The predicted molar refractivity (Wildman–Crippen MR) is 279 cm³/mol. The minimum Gasteiger partial charge on any atom is -0.457 e. The van der Waals surface area contributed by atoms with Crippen molar-refractivity contribution in [3.05, 3.63) is 72.9 Å². The van der Waals surface area contributed by atoms with E-state index in [1.54, 1.807) is 0 Å². The number of ether oxygens (including phenoxy) is 6. The highest BCUT2D eigenvalue weighted by Gasteiger charge is 2.47. The van der Waals surface area contributed by atoms with Crippen molar-refractivity contribution >= 4 is 5.97 Å². The van der Waals surface area contributed by atoms with E-state index in [-0.39, 0.29) is 19.6 Å². The van der Waals surface area contributed by atoms with Gasteiger partial charge in [0.2, 0.25) is 0 Å².